The Morgan fingerprint density at radius 2 is 1.95 bits per heavy atom. The number of amides is 1. The molecule has 5 heteroatoms. The van der Waals surface area contributed by atoms with Gasteiger partial charge in [0.25, 0.3) is 5.91 Å². The van der Waals surface area contributed by atoms with Crippen LogP contribution in [-0.4, -0.2) is 19.1 Å². The van der Waals surface area contributed by atoms with Gasteiger partial charge in [0.1, 0.15) is 5.75 Å². The minimum Gasteiger partial charge on any atom is -0.497 e. The number of nitrogen functional groups attached to an aromatic ring is 1. The molecule has 0 aliphatic carbocycles. The molecule has 2 aromatic rings. The number of carbonyl (C=O) groups excluding carboxylic acids is 1. The van der Waals surface area contributed by atoms with Gasteiger partial charge in [-0.05, 0) is 38.0 Å². The summed E-state index contributed by atoms with van der Waals surface area (Å²) in [6.45, 7) is 5.95. The van der Waals surface area contributed by atoms with Gasteiger partial charge in [0.2, 0.25) is 0 Å². The second-order valence-corrected chi connectivity index (χ2v) is 6.49. The molecular weight excluding hydrogens is 296 g/mol. The number of ether oxygens (including phenoxy) is 1. The summed E-state index contributed by atoms with van der Waals surface area (Å²) < 4.78 is 5.20. The van der Waals surface area contributed by atoms with Crippen LogP contribution in [0.3, 0.4) is 0 Å². The van der Waals surface area contributed by atoms with Crippen molar-refractivity contribution in [1.29, 1.82) is 0 Å². The monoisotopic (exact) mass is 318 g/mol. The fourth-order valence-electron chi connectivity index (χ4n) is 2.37. The van der Waals surface area contributed by atoms with E-state index in [9.17, 15) is 4.79 Å². The number of benzene rings is 1. The number of rotatable bonds is 5. The van der Waals surface area contributed by atoms with E-state index in [2.05, 4.69) is 12.2 Å². The second-order valence-electron chi connectivity index (χ2n) is 5.35. The Morgan fingerprint density at radius 1 is 1.32 bits per heavy atom. The van der Waals surface area contributed by atoms with Crippen molar-refractivity contribution >= 4 is 22.2 Å². The van der Waals surface area contributed by atoms with Crippen LogP contribution in [0.2, 0.25) is 0 Å². The van der Waals surface area contributed by atoms with E-state index in [1.165, 1.54) is 11.3 Å². The van der Waals surface area contributed by atoms with E-state index < -0.39 is 0 Å². The smallest absolute Gasteiger partial charge is 0.255 e. The van der Waals surface area contributed by atoms with Crippen molar-refractivity contribution in [3.05, 3.63) is 34.7 Å². The van der Waals surface area contributed by atoms with Gasteiger partial charge in [-0.2, -0.15) is 0 Å². The molecule has 1 amide bonds. The van der Waals surface area contributed by atoms with Gasteiger partial charge < -0.3 is 15.8 Å². The van der Waals surface area contributed by atoms with Crippen molar-refractivity contribution in [2.24, 2.45) is 0 Å². The molecule has 1 heterocycles. The first-order valence-corrected chi connectivity index (χ1v) is 8.16. The SMILES string of the molecule is CCc1sc(N)c(C(=O)NC(C)C)c1-c1ccc(OC)cc1. The van der Waals surface area contributed by atoms with E-state index in [0.29, 0.717) is 10.6 Å². The Balaban J connectivity index is 2.54. The summed E-state index contributed by atoms with van der Waals surface area (Å²) in [4.78, 5) is 13.6. The van der Waals surface area contributed by atoms with E-state index in [4.69, 9.17) is 10.5 Å². The van der Waals surface area contributed by atoms with E-state index in [-0.39, 0.29) is 11.9 Å². The molecule has 2 rings (SSSR count). The average molecular weight is 318 g/mol. The molecule has 0 saturated heterocycles. The predicted molar refractivity (Wildman–Crippen MR) is 92.7 cm³/mol. The first kappa shape index (κ1) is 16.4. The van der Waals surface area contributed by atoms with Crippen LogP contribution in [0.5, 0.6) is 5.75 Å². The highest BCUT2D eigenvalue weighted by atomic mass is 32.1. The standard InChI is InChI=1S/C17H22N2O2S/c1-5-13-14(11-6-8-12(21-4)9-7-11)15(16(18)22-13)17(20)19-10(2)3/h6-10H,5,18H2,1-4H3,(H,19,20). The van der Waals surface area contributed by atoms with E-state index >= 15 is 0 Å². The molecule has 4 nitrogen and oxygen atoms in total. The molecule has 0 aliphatic heterocycles. The first-order chi connectivity index (χ1) is 10.5. The first-order valence-electron chi connectivity index (χ1n) is 7.34. The summed E-state index contributed by atoms with van der Waals surface area (Å²) in [6, 6.07) is 7.79. The molecule has 0 bridgehead atoms. The van der Waals surface area contributed by atoms with Crippen molar-refractivity contribution in [2.75, 3.05) is 12.8 Å². The Bertz CT molecular complexity index is 660. The average Bonchev–Trinajstić information content (AvgIpc) is 2.83. The van der Waals surface area contributed by atoms with Gasteiger partial charge >= 0.3 is 0 Å². The third-order valence-electron chi connectivity index (χ3n) is 3.36. The molecule has 3 N–H and O–H groups in total. The number of thiophene rings is 1. The van der Waals surface area contributed by atoms with Crippen LogP contribution in [0.25, 0.3) is 11.1 Å². The zero-order valence-electron chi connectivity index (χ0n) is 13.4. The molecule has 0 aliphatic rings. The summed E-state index contributed by atoms with van der Waals surface area (Å²) >= 11 is 1.49. The summed E-state index contributed by atoms with van der Waals surface area (Å²) in [5, 5.41) is 3.50. The molecule has 0 atom stereocenters. The van der Waals surface area contributed by atoms with E-state index in [1.807, 2.05) is 38.1 Å². The minimum absolute atomic E-state index is 0.0700. The van der Waals surface area contributed by atoms with Gasteiger partial charge in [-0.25, -0.2) is 0 Å². The van der Waals surface area contributed by atoms with E-state index in [1.54, 1.807) is 7.11 Å². The fraction of sp³-hybridized carbons (Fsp3) is 0.353. The van der Waals surface area contributed by atoms with Crippen LogP contribution in [-0.2, 0) is 6.42 Å². The Morgan fingerprint density at radius 3 is 2.45 bits per heavy atom. The maximum Gasteiger partial charge on any atom is 0.255 e. The maximum atomic E-state index is 12.5. The molecule has 22 heavy (non-hydrogen) atoms. The molecular formula is C17H22N2O2S. The molecule has 118 valence electrons. The second kappa shape index (κ2) is 6.83. The molecule has 0 unspecified atom stereocenters. The maximum absolute atomic E-state index is 12.5. The Hall–Kier alpha value is -2.01. The molecule has 0 radical (unpaired) electrons. The Labute approximate surface area is 135 Å². The van der Waals surface area contributed by atoms with Crippen LogP contribution in [0, 0.1) is 0 Å². The van der Waals surface area contributed by atoms with Gasteiger partial charge in [0.15, 0.2) is 0 Å². The number of nitrogens with one attached hydrogen (secondary N) is 1. The topological polar surface area (TPSA) is 64.4 Å². The summed E-state index contributed by atoms with van der Waals surface area (Å²) in [5.74, 6) is 0.674. The van der Waals surface area contributed by atoms with Crippen LogP contribution >= 0.6 is 11.3 Å². The van der Waals surface area contributed by atoms with Gasteiger partial charge in [-0.15, -0.1) is 11.3 Å². The summed E-state index contributed by atoms with van der Waals surface area (Å²) in [6.07, 6.45) is 0.838. The lowest BCUT2D eigenvalue weighted by Gasteiger charge is -2.11. The minimum atomic E-state index is -0.116. The molecule has 1 aromatic heterocycles. The van der Waals surface area contributed by atoms with Crippen LogP contribution < -0.4 is 15.8 Å². The number of carbonyl (C=O) groups is 1. The predicted octanol–water partition coefficient (Wildman–Crippen LogP) is 3.71. The number of hydrogen-bond acceptors (Lipinski definition) is 4. The summed E-state index contributed by atoms with van der Waals surface area (Å²) in [7, 11) is 1.64. The lowest BCUT2D eigenvalue weighted by molar-refractivity contribution is 0.0945. The zero-order valence-corrected chi connectivity index (χ0v) is 14.2. The number of aryl methyl sites for hydroxylation is 1. The zero-order chi connectivity index (χ0) is 16.3. The lowest BCUT2D eigenvalue weighted by atomic mass is 9.99. The number of nitrogens with two attached hydrogens (primary N) is 1. The molecule has 0 fully saturated rings. The van der Waals surface area contributed by atoms with Gasteiger partial charge in [-0.3, -0.25) is 4.79 Å². The third kappa shape index (κ3) is 3.25. The van der Waals surface area contributed by atoms with Crippen LogP contribution in [0.4, 0.5) is 5.00 Å². The van der Waals surface area contributed by atoms with Crippen molar-refractivity contribution in [3.63, 3.8) is 0 Å². The van der Waals surface area contributed by atoms with Gasteiger partial charge in [-0.1, -0.05) is 19.1 Å². The van der Waals surface area contributed by atoms with Crippen LogP contribution in [0.1, 0.15) is 36.0 Å². The lowest BCUT2D eigenvalue weighted by Crippen LogP contribution is -2.30. The highest BCUT2D eigenvalue weighted by Gasteiger charge is 2.23. The highest BCUT2D eigenvalue weighted by Crippen LogP contribution is 2.39. The number of hydrogen-bond donors (Lipinski definition) is 2. The third-order valence-corrected chi connectivity index (χ3v) is 4.52. The van der Waals surface area contributed by atoms with Crippen molar-refractivity contribution in [1.82, 2.24) is 5.32 Å². The van der Waals surface area contributed by atoms with Crippen molar-refractivity contribution < 1.29 is 9.53 Å². The Kier molecular flexibility index (Phi) is 5.08. The van der Waals surface area contributed by atoms with Crippen LogP contribution in [0.15, 0.2) is 24.3 Å². The number of methoxy groups -OCH3 is 1. The normalized spacial score (nSPS) is 10.8. The number of anilines is 1. The molecule has 0 saturated carbocycles. The van der Waals surface area contributed by atoms with Crippen molar-refractivity contribution in [2.45, 2.75) is 33.2 Å². The van der Waals surface area contributed by atoms with Gasteiger partial charge in [0, 0.05) is 16.5 Å². The highest BCUT2D eigenvalue weighted by molar-refractivity contribution is 7.17. The fourth-order valence-corrected chi connectivity index (χ4v) is 3.40. The molecule has 0 spiro atoms. The summed E-state index contributed by atoms with van der Waals surface area (Å²) in [5.41, 5.74) is 8.63. The molecule has 1 aromatic carbocycles. The van der Waals surface area contributed by atoms with Gasteiger partial charge in [0.05, 0.1) is 17.7 Å². The quantitative estimate of drug-likeness (QED) is 0.883. The van der Waals surface area contributed by atoms with Crippen molar-refractivity contribution in [3.8, 4) is 16.9 Å². The largest absolute Gasteiger partial charge is 0.497 e. The van der Waals surface area contributed by atoms with E-state index in [0.717, 1.165) is 28.2 Å².